The number of carbonyl (C=O) groups is 3. The lowest BCUT2D eigenvalue weighted by molar-refractivity contribution is -0.222. The highest BCUT2D eigenvalue weighted by Crippen LogP contribution is 2.25. The third kappa shape index (κ3) is 5.12. The fourth-order valence-electron chi connectivity index (χ4n) is 4.56. The second kappa shape index (κ2) is 9.32. The zero-order valence-corrected chi connectivity index (χ0v) is 18.8. The summed E-state index contributed by atoms with van der Waals surface area (Å²) in [5.74, 6) is -2.72. The Morgan fingerprint density at radius 3 is 2.16 bits per heavy atom. The van der Waals surface area contributed by atoms with Crippen molar-refractivity contribution in [2.24, 2.45) is 0 Å². The minimum absolute atomic E-state index is 0.0277. The highest BCUT2D eigenvalue weighted by atomic mass is 16.7. The van der Waals surface area contributed by atoms with Gasteiger partial charge in [0.25, 0.3) is 11.7 Å². The monoisotopic (exact) mass is 441 g/mol. The van der Waals surface area contributed by atoms with Gasteiger partial charge in [-0.3, -0.25) is 9.69 Å². The van der Waals surface area contributed by atoms with Crippen molar-refractivity contribution in [3.05, 3.63) is 41.6 Å². The van der Waals surface area contributed by atoms with Crippen LogP contribution in [0.15, 0.2) is 36.0 Å². The Labute approximate surface area is 188 Å². The molecule has 2 saturated heterocycles. The standard InChI is InChI=1S/C24H31N3O5/c1-24(2)31-22(29)20(23(30)32-24)16-25-18-10-8-17(9-11-18)21(28)27-14-12-26(13-15-27)19-6-4-3-5-7-19/h8-11,16,19,25H,3-7,12-15H2,1-2H3. The highest BCUT2D eigenvalue weighted by Gasteiger charge is 2.39. The first-order chi connectivity index (χ1) is 15.3. The molecule has 4 rings (SSSR count). The Hall–Kier alpha value is -2.87. The number of carbonyl (C=O) groups excluding carboxylic acids is 3. The average Bonchev–Trinajstić information content (AvgIpc) is 2.78. The molecule has 2 aliphatic heterocycles. The van der Waals surface area contributed by atoms with E-state index in [1.807, 2.05) is 4.90 Å². The number of rotatable bonds is 4. The summed E-state index contributed by atoms with van der Waals surface area (Å²) in [5, 5.41) is 2.90. The lowest BCUT2D eigenvalue weighted by Crippen LogP contribution is -2.52. The summed E-state index contributed by atoms with van der Waals surface area (Å²) in [6.07, 6.45) is 7.82. The maximum atomic E-state index is 12.9. The molecule has 0 bridgehead atoms. The fourth-order valence-corrected chi connectivity index (χ4v) is 4.56. The van der Waals surface area contributed by atoms with Crippen LogP contribution < -0.4 is 5.32 Å². The van der Waals surface area contributed by atoms with Gasteiger partial charge in [0, 0.05) is 63.5 Å². The van der Waals surface area contributed by atoms with Gasteiger partial charge in [0.05, 0.1) is 0 Å². The first-order valence-electron chi connectivity index (χ1n) is 11.4. The molecule has 0 aromatic heterocycles. The molecule has 3 aliphatic rings. The van der Waals surface area contributed by atoms with E-state index in [9.17, 15) is 14.4 Å². The number of benzene rings is 1. The SMILES string of the molecule is CC1(C)OC(=O)C(=CNc2ccc(C(=O)N3CCN(C4CCCCC4)CC3)cc2)C(=O)O1. The third-order valence-corrected chi connectivity index (χ3v) is 6.32. The molecule has 1 aliphatic carbocycles. The maximum absolute atomic E-state index is 12.9. The van der Waals surface area contributed by atoms with E-state index < -0.39 is 17.7 Å². The van der Waals surface area contributed by atoms with Crippen LogP contribution in [0.2, 0.25) is 0 Å². The van der Waals surface area contributed by atoms with Gasteiger partial charge in [0.1, 0.15) is 0 Å². The lowest BCUT2D eigenvalue weighted by Gasteiger charge is -2.40. The second-order valence-electron chi connectivity index (χ2n) is 9.08. The quantitative estimate of drug-likeness (QED) is 0.437. The largest absolute Gasteiger partial charge is 0.419 e. The Bertz CT molecular complexity index is 873. The number of esters is 2. The average molecular weight is 442 g/mol. The predicted octanol–water partition coefficient (Wildman–Crippen LogP) is 2.91. The summed E-state index contributed by atoms with van der Waals surface area (Å²) in [4.78, 5) is 41.4. The Balaban J connectivity index is 1.31. The van der Waals surface area contributed by atoms with Crippen LogP contribution in [0, 0.1) is 0 Å². The van der Waals surface area contributed by atoms with Gasteiger partial charge in [-0.05, 0) is 37.1 Å². The Morgan fingerprint density at radius 1 is 0.969 bits per heavy atom. The molecule has 1 aromatic carbocycles. The number of piperazine rings is 1. The van der Waals surface area contributed by atoms with Crippen molar-refractivity contribution in [1.82, 2.24) is 9.80 Å². The van der Waals surface area contributed by atoms with Gasteiger partial charge in [-0.15, -0.1) is 0 Å². The summed E-state index contributed by atoms with van der Waals surface area (Å²) in [6.45, 7) is 6.38. The molecule has 8 heteroatoms. The molecule has 8 nitrogen and oxygen atoms in total. The van der Waals surface area contributed by atoms with Gasteiger partial charge in [-0.2, -0.15) is 0 Å². The van der Waals surface area contributed by atoms with Crippen molar-refractivity contribution in [3.63, 3.8) is 0 Å². The van der Waals surface area contributed by atoms with E-state index in [0.29, 0.717) is 17.3 Å². The number of cyclic esters (lactones) is 2. The summed E-state index contributed by atoms with van der Waals surface area (Å²) < 4.78 is 10.1. The first kappa shape index (κ1) is 22.3. The molecule has 0 unspecified atom stereocenters. The highest BCUT2D eigenvalue weighted by molar-refractivity contribution is 6.15. The van der Waals surface area contributed by atoms with Crippen molar-refractivity contribution < 1.29 is 23.9 Å². The molecule has 1 N–H and O–H groups in total. The van der Waals surface area contributed by atoms with Gasteiger partial charge < -0.3 is 19.7 Å². The van der Waals surface area contributed by atoms with E-state index in [1.54, 1.807) is 24.3 Å². The first-order valence-corrected chi connectivity index (χ1v) is 11.4. The number of hydrogen-bond donors (Lipinski definition) is 1. The molecule has 1 amide bonds. The summed E-state index contributed by atoms with van der Waals surface area (Å²) >= 11 is 0. The molecule has 32 heavy (non-hydrogen) atoms. The van der Waals surface area contributed by atoms with Gasteiger partial charge >= 0.3 is 11.9 Å². The van der Waals surface area contributed by atoms with Crippen molar-refractivity contribution in [1.29, 1.82) is 0 Å². The molecular weight excluding hydrogens is 410 g/mol. The van der Waals surface area contributed by atoms with Crippen LogP contribution in [0.25, 0.3) is 0 Å². The van der Waals surface area contributed by atoms with Gasteiger partial charge in [0.15, 0.2) is 5.57 Å². The third-order valence-electron chi connectivity index (χ3n) is 6.32. The number of hydrogen-bond acceptors (Lipinski definition) is 7. The van der Waals surface area contributed by atoms with E-state index in [-0.39, 0.29) is 11.5 Å². The smallest absolute Gasteiger partial charge is 0.350 e. The van der Waals surface area contributed by atoms with E-state index in [1.165, 1.54) is 52.2 Å². The van der Waals surface area contributed by atoms with Gasteiger partial charge in [-0.1, -0.05) is 19.3 Å². The molecule has 3 fully saturated rings. The van der Waals surface area contributed by atoms with E-state index >= 15 is 0 Å². The van der Waals surface area contributed by atoms with E-state index in [2.05, 4.69) is 10.2 Å². The fraction of sp³-hybridized carbons (Fsp3) is 0.542. The minimum atomic E-state index is -1.27. The van der Waals surface area contributed by atoms with Crippen LogP contribution in [0.4, 0.5) is 5.69 Å². The normalized spacial score (nSPS) is 22.2. The maximum Gasteiger partial charge on any atom is 0.350 e. The van der Waals surface area contributed by atoms with Crippen molar-refractivity contribution in [2.75, 3.05) is 31.5 Å². The Morgan fingerprint density at radius 2 is 1.56 bits per heavy atom. The lowest BCUT2D eigenvalue weighted by atomic mass is 9.94. The number of ether oxygens (including phenoxy) is 2. The van der Waals surface area contributed by atoms with E-state index in [0.717, 1.165) is 26.2 Å². The minimum Gasteiger partial charge on any atom is -0.419 e. The molecule has 0 atom stereocenters. The predicted molar refractivity (Wildman–Crippen MR) is 119 cm³/mol. The van der Waals surface area contributed by atoms with Crippen molar-refractivity contribution >= 4 is 23.5 Å². The van der Waals surface area contributed by atoms with Crippen LogP contribution in [0.5, 0.6) is 0 Å². The molecule has 1 saturated carbocycles. The molecule has 1 aromatic rings. The van der Waals surface area contributed by atoms with Crippen LogP contribution in [-0.4, -0.2) is 65.7 Å². The van der Waals surface area contributed by atoms with Crippen LogP contribution in [-0.2, 0) is 19.1 Å². The van der Waals surface area contributed by atoms with Gasteiger partial charge in [0.2, 0.25) is 0 Å². The van der Waals surface area contributed by atoms with Gasteiger partial charge in [-0.25, -0.2) is 9.59 Å². The summed E-state index contributed by atoms with van der Waals surface area (Å²) in [6, 6.07) is 7.66. The topological polar surface area (TPSA) is 88.2 Å². The second-order valence-corrected chi connectivity index (χ2v) is 9.08. The molecular formula is C24H31N3O5. The molecule has 0 radical (unpaired) electrons. The molecule has 0 spiro atoms. The van der Waals surface area contributed by atoms with Crippen LogP contribution in [0.3, 0.4) is 0 Å². The van der Waals surface area contributed by atoms with Crippen LogP contribution >= 0.6 is 0 Å². The number of amides is 1. The number of nitrogens with zero attached hydrogens (tertiary/aromatic N) is 2. The summed E-state index contributed by atoms with van der Waals surface area (Å²) in [7, 11) is 0. The summed E-state index contributed by atoms with van der Waals surface area (Å²) in [5.41, 5.74) is 1.05. The van der Waals surface area contributed by atoms with Crippen molar-refractivity contribution in [2.45, 2.75) is 57.8 Å². The zero-order valence-electron chi connectivity index (χ0n) is 18.8. The van der Waals surface area contributed by atoms with Crippen molar-refractivity contribution in [3.8, 4) is 0 Å². The molecule has 172 valence electrons. The zero-order chi connectivity index (χ0) is 22.7. The number of nitrogens with one attached hydrogen (secondary N) is 1. The van der Waals surface area contributed by atoms with Crippen LogP contribution in [0.1, 0.15) is 56.3 Å². The Kier molecular flexibility index (Phi) is 6.50. The molecule has 2 heterocycles. The van der Waals surface area contributed by atoms with E-state index in [4.69, 9.17) is 9.47 Å². The number of anilines is 1.